The van der Waals surface area contributed by atoms with Gasteiger partial charge < -0.3 is 21.8 Å². The minimum absolute atomic E-state index is 0.130. The number of nitrogens with zero attached hydrogens (tertiary/aromatic N) is 2. The summed E-state index contributed by atoms with van der Waals surface area (Å²) in [5.41, 5.74) is 13.6. The van der Waals surface area contributed by atoms with Crippen LogP contribution in [0.15, 0.2) is 86.0 Å². The summed E-state index contributed by atoms with van der Waals surface area (Å²) in [6, 6.07) is 11.6. The summed E-state index contributed by atoms with van der Waals surface area (Å²) in [5.74, 6) is 11.4. The number of likely N-dealkylation sites (tertiary alicyclic amines) is 1. The van der Waals surface area contributed by atoms with Gasteiger partial charge in [-0.25, -0.2) is 10.2 Å². The van der Waals surface area contributed by atoms with E-state index in [2.05, 4.69) is 47.7 Å². The first-order valence-corrected chi connectivity index (χ1v) is 13.7. The Bertz CT molecular complexity index is 1210. The third kappa shape index (κ3) is 7.44. The predicted molar refractivity (Wildman–Crippen MR) is 165 cm³/mol. The van der Waals surface area contributed by atoms with Crippen molar-refractivity contribution in [1.29, 1.82) is 0 Å². The molecule has 216 valence electrons. The molecule has 2 atom stereocenters. The number of halogens is 1. The quantitative estimate of drug-likeness (QED) is 0.129. The molecule has 1 saturated carbocycles. The lowest BCUT2D eigenvalue weighted by Crippen LogP contribution is -2.35. The van der Waals surface area contributed by atoms with Gasteiger partial charge >= 0.3 is 0 Å². The molecule has 2 unspecified atom stereocenters. The van der Waals surface area contributed by atoms with E-state index in [-0.39, 0.29) is 17.9 Å². The molecule has 0 spiro atoms. The van der Waals surface area contributed by atoms with Crippen LogP contribution in [0.1, 0.15) is 60.8 Å². The van der Waals surface area contributed by atoms with Gasteiger partial charge in [0.15, 0.2) is 0 Å². The van der Waals surface area contributed by atoms with E-state index in [1.54, 1.807) is 18.3 Å². The molecule has 2 aromatic carbocycles. The topological polar surface area (TPSA) is 121 Å². The molecule has 2 aromatic rings. The number of hydrogen-bond donors (Lipinski definition) is 6. The van der Waals surface area contributed by atoms with E-state index in [1.807, 2.05) is 37.4 Å². The number of para-hydroxylation sites is 1. The number of rotatable bonds is 12. The smallest absolute Gasteiger partial charge is 0.127 e. The number of nitrogens with one attached hydrogen (secondary N) is 3. The summed E-state index contributed by atoms with van der Waals surface area (Å²) in [5, 5.41) is 8.43. The van der Waals surface area contributed by atoms with Gasteiger partial charge in [-0.3, -0.25) is 15.8 Å². The van der Waals surface area contributed by atoms with Crippen molar-refractivity contribution in [3.8, 4) is 0 Å². The Hall–Kier alpha value is -3.79. The Balaban J connectivity index is 0.000000482. The molecule has 4 rings (SSSR count). The van der Waals surface area contributed by atoms with E-state index in [9.17, 15) is 0 Å². The van der Waals surface area contributed by atoms with Crippen molar-refractivity contribution in [1.82, 2.24) is 15.6 Å². The molecule has 40 heavy (non-hydrogen) atoms. The number of hydrazine groups is 2. The molecule has 0 bridgehead atoms. The molecule has 9 heteroatoms. The Kier molecular flexibility index (Phi) is 11.2. The third-order valence-corrected chi connectivity index (χ3v) is 7.49. The third-order valence-electron chi connectivity index (χ3n) is 7.49. The van der Waals surface area contributed by atoms with Crippen molar-refractivity contribution in [2.45, 2.75) is 50.1 Å². The fourth-order valence-electron chi connectivity index (χ4n) is 5.14. The van der Waals surface area contributed by atoms with Crippen LogP contribution in [0.5, 0.6) is 0 Å². The summed E-state index contributed by atoms with van der Waals surface area (Å²) >= 11 is 0. The average Bonchev–Trinajstić information content (AvgIpc) is 3.72. The molecule has 8 nitrogen and oxygen atoms in total. The number of hydrogen-bond acceptors (Lipinski definition) is 8. The van der Waals surface area contributed by atoms with Crippen LogP contribution >= 0.6 is 0 Å². The maximum absolute atomic E-state index is 15.0. The minimum atomic E-state index is -0.278. The van der Waals surface area contributed by atoms with E-state index in [4.69, 9.17) is 17.4 Å². The summed E-state index contributed by atoms with van der Waals surface area (Å²) in [4.78, 5) is 2.32. The molecular weight excluding hydrogens is 503 g/mol. The maximum atomic E-state index is 15.0. The van der Waals surface area contributed by atoms with Crippen LogP contribution in [0.3, 0.4) is 0 Å². The zero-order valence-corrected chi connectivity index (χ0v) is 23.8. The number of benzene rings is 2. The van der Waals surface area contributed by atoms with Gasteiger partial charge in [0, 0.05) is 48.9 Å². The zero-order chi connectivity index (χ0) is 29.2. The highest BCUT2D eigenvalue weighted by Crippen LogP contribution is 2.42. The lowest BCUT2D eigenvalue weighted by Gasteiger charge is -2.30. The molecule has 1 heterocycles. The van der Waals surface area contributed by atoms with Gasteiger partial charge in [-0.15, -0.1) is 6.58 Å². The molecule has 0 amide bonds. The normalized spacial score (nSPS) is 17.7. The average molecular weight is 549 g/mol. The van der Waals surface area contributed by atoms with Gasteiger partial charge in [-0.1, -0.05) is 43.5 Å². The van der Waals surface area contributed by atoms with E-state index >= 15 is 4.39 Å². The van der Waals surface area contributed by atoms with E-state index in [1.165, 1.54) is 11.2 Å². The van der Waals surface area contributed by atoms with E-state index < -0.39 is 0 Å². The van der Waals surface area contributed by atoms with Crippen LogP contribution in [0.25, 0.3) is 0 Å². The summed E-state index contributed by atoms with van der Waals surface area (Å²) in [6.07, 6.45) is 9.75. The molecule has 1 aliphatic heterocycles. The largest absolute Gasteiger partial charge is 0.403 e. The summed E-state index contributed by atoms with van der Waals surface area (Å²) in [6.45, 7) is 12.7. The zero-order valence-electron chi connectivity index (χ0n) is 23.8. The first-order chi connectivity index (χ1) is 19.3. The molecular formula is C31H45FN8. The van der Waals surface area contributed by atoms with Crippen molar-refractivity contribution in [3.63, 3.8) is 0 Å². The van der Waals surface area contributed by atoms with Gasteiger partial charge in [0.05, 0.1) is 17.4 Å². The van der Waals surface area contributed by atoms with Crippen molar-refractivity contribution < 1.29 is 4.39 Å². The Labute approximate surface area is 238 Å². The lowest BCUT2D eigenvalue weighted by molar-refractivity contribution is 0.331. The number of allylic oxidation sites excluding steroid dienone is 1. The van der Waals surface area contributed by atoms with Crippen LogP contribution in [0.4, 0.5) is 15.8 Å². The van der Waals surface area contributed by atoms with Crippen LogP contribution in [-0.2, 0) is 0 Å². The Morgan fingerprint density at radius 2 is 1.98 bits per heavy atom. The Morgan fingerprint density at radius 1 is 1.23 bits per heavy atom. The number of likely N-dealkylation sites (N-methyl/N-ethyl adjacent to an activating group) is 1. The summed E-state index contributed by atoms with van der Waals surface area (Å²) < 4.78 is 15.0. The summed E-state index contributed by atoms with van der Waals surface area (Å²) in [7, 11) is 3.99. The predicted octanol–water partition coefficient (Wildman–Crippen LogP) is 4.68. The molecule has 2 fully saturated rings. The van der Waals surface area contributed by atoms with Gasteiger partial charge in [-0.2, -0.15) is 0 Å². The second kappa shape index (κ2) is 14.6. The molecule has 0 aromatic heterocycles. The van der Waals surface area contributed by atoms with Crippen LogP contribution < -0.4 is 38.5 Å². The van der Waals surface area contributed by atoms with Crippen LogP contribution in [0, 0.1) is 5.82 Å². The fourth-order valence-corrected chi connectivity index (χ4v) is 5.14. The highest BCUT2D eigenvalue weighted by molar-refractivity contribution is 5.75. The molecule has 1 aliphatic carbocycles. The van der Waals surface area contributed by atoms with Gasteiger partial charge in [0.25, 0.3) is 0 Å². The first kappa shape index (κ1) is 30.7. The second-order valence-corrected chi connectivity index (χ2v) is 10.2. The van der Waals surface area contributed by atoms with E-state index in [0.29, 0.717) is 12.3 Å². The van der Waals surface area contributed by atoms with E-state index in [0.717, 1.165) is 71.7 Å². The lowest BCUT2D eigenvalue weighted by atomic mass is 9.93. The number of anilines is 2. The SMILES string of the molecule is C=CC/C(=C/N)NN.C=CN(N)c1cccc(C(NC(=C)C2CCCN2C)c2ccc(C3CC3)c(F)c2)c1NC. The van der Waals surface area contributed by atoms with Gasteiger partial charge in [-0.05, 0) is 68.5 Å². The van der Waals surface area contributed by atoms with Crippen molar-refractivity contribution in [2.75, 3.05) is 31.0 Å². The highest BCUT2D eigenvalue weighted by Gasteiger charge is 2.30. The van der Waals surface area contributed by atoms with Gasteiger partial charge in [0.1, 0.15) is 5.82 Å². The molecule has 0 radical (unpaired) electrons. The monoisotopic (exact) mass is 548 g/mol. The minimum Gasteiger partial charge on any atom is -0.403 e. The maximum Gasteiger partial charge on any atom is 0.127 e. The first-order valence-electron chi connectivity index (χ1n) is 13.7. The Morgan fingerprint density at radius 3 is 2.48 bits per heavy atom. The molecule has 1 saturated heterocycles. The van der Waals surface area contributed by atoms with Crippen LogP contribution in [-0.4, -0.2) is 31.6 Å². The molecule has 2 aliphatic rings. The van der Waals surface area contributed by atoms with Gasteiger partial charge in [0.2, 0.25) is 0 Å². The second-order valence-electron chi connectivity index (χ2n) is 10.2. The molecule has 9 N–H and O–H groups in total. The van der Waals surface area contributed by atoms with Crippen LogP contribution in [0.2, 0.25) is 0 Å². The highest BCUT2D eigenvalue weighted by atomic mass is 19.1. The van der Waals surface area contributed by atoms with Crippen molar-refractivity contribution >= 4 is 11.4 Å². The van der Waals surface area contributed by atoms with Crippen molar-refractivity contribution in [2.24, 2.45) is 17.4 Å². The van der Waals surface area contributed by atoms with Crippen molar-refractivity contribution in [3.05, 3.63) is 109 Å². The number of nitrogens with two attached hydrogens (primary N) is 3. The fraction of sp³-hybridized carbons (Fsp3) is 0.355. The standard InChI is InChI=1S/C26H34FN5.C5H11N3/c1-5-32(28)24-9-6-8-21(26(24)29-3)25(30-17(2)23-10-7-15-31(23)4)19-13-14-20(18-11-12-18)22(27)16-19;1-2-3-5(4-6)8-7/h5-6,8-9,13-14,16,18,23,25,29-30H,1-2,7,10-12,15,28H2,3-4H3;2,4,8H,1,3,6-7H2/b;5-4-.